The summed E-state index contributed by atoms with van der Waals surface area (Å²) in [6, 6.07) is 0. The fraction of sp³-hybridized carbons (Fsp3) is 1.00. The summed E-state index contributed by atoms with van der Waals surface area (Å²) in [5.74, 6) is 0. The highest BCUT2D eigenvalue weighted by molar-refractivity contribution is 4.81. The number of ether oxygens (including phenoxy) is 2. The Morgan fingerprint density at radius 3 is 2.83 bits per heavy atom. The van der Waals surface area contributed by atoms with Crippen LogP contribution in [0, 0.1) is 0 Å². The van der Waals surface area contributed by atoms with Gasteiger partial charge in [-0.3, -0.25) is 0 Å². The molecule has 3 N–H and O–H groups in total. The Morgan fingerprint density at radius 2 is 2.17 bits per heavy atom. The summed E-state index contributed by atoms with van der Waals surface area (Å²) >= 11 is 0. The summed E-state index contributed by atoms with van der Waals surface area (Å²) < 4.78 is 11.0. The third-order valence-corrected chi connectivity index (χ3v) is 3.22. The van der Waals surface area contributed by atoms with Crippen LogP contribution >= 0.6 is 0 Å². The summed E-state index contributed by atoms with van der Waals surface area (Å²) in [7, 11) is 0. The molecule has 1 aliphatic heterocycles. The first-order valence-electron chi connectivity index (χ1n) is 6.87. The van der Waals surface area contributed by atoms with E-state index in [0.29, 0.717) is 13.0 Å². The van der Waals surface area contributed by atoms with Crippen LogP contribution in [-0.4, -0.2) is 59.6 Å². The summed E-state index contributed by atoms with van der Waals surface area (Å²) in [6.07, 6.45) is 3.47. The molecule has 0 aromatic heterocycles. The maximum atomic E-state index is 9.84. The van der Waals surface area contributed by atoms with E-state index in [1.165, 1.54) is 0 Å². The minimum Gasteiger partial charge on any atom is -0.394 e. The normalized spacial score (nSPS) is 29.7. The predicted octanol–water partition coefficient (Wildman–Crippen LogP) is 0.455. The molecule has 18 heavy (non-hydrogen) atoms. The van der Waals surface area contributed by atoms with Crippen molar-refractivity contribution < 1.29 is 24.8 Å². The Balaban J connectivity index is 2.14. The molecule has 1 rings (SSSR count). The molecule has 0 aliphatic carbocycles. The smallest absolute Gasteiger partial charge is 0.100 e. The minimum absolute atomic E-state index is 0.0760. The van der Waals surface area contributed by atoms with E-state index in [2.05, 4.69) is 6.92 Å². The van der Waals surface area contributed by atoms with Crippen molar-refractivity contribution >= 4 is 0 Å². The van der Waals surface area contributed by atoms with Gasteiger partial charge < -0.3 is 24.8 Å². The molecule has 0 saturated carbocycles. The lowest BCUT2D eigenvalue weighted by Crippen LogP contribution is -2.24. The van der Waals surface area contributed by atoms with Crippen LogP contribution in [0.1, 0.15) is 39.0 Å². The topological polar surface area (TPSA) is 79.2 Å². The van der Waals surface area contributed by atoms with Crippen molar-refractivity contribution in [2.24, 2.45) is 0 Å². The Bertz CT molecular complexity index is 212. The highest BCUT2D eigenvalue weighted by Gasteiger charge is 2.33. The summed E-state index contributed by atoms with van der Waals surface area (Å²) in [6.45, 7) is 2.31. The molecule has 0 radical (unpaired) electrons. The second-order valence-corrected chi connectivity index (χ2v) is 4.97. The predicted molar refractivity (Wildman–Crippen MR) is 67.3 cm³/mol. The number of aliphatic hydroxyl groups is 3. The van der Waals surface area contributed by atoms with E-state index in [-0.39, 0.29) is 25.4 Å². The second kappa shape index (κ2) is 8.82. The Labute approximate surface area is 109 Å². The molecule has 0 amide bonds. The lowest BCUT2D eigenvalue weighted by atomic mass is 10.1. The summed E-state index contributed by atoms with van der Waals surface area (Å²) in [5, 5.41) is 27.6. The Kier molecular flexibility index (Phi) is 7.77. The third-order valence-electron chi connectivity index (χ3n) is 3.22. The molecule has 5 heteroatoms. The van der Waals surface area contributed by atoms with Gasteiger partial charge in [-0.05, 0) is 6.42 Å². The Morgan fingerprint density at radius 1 is 1.39 bits per heavy atom. The maximum Gasteiger partial charge on any atom is 0.100 e. The number of rotatable bonds is 9. The van der Waals surface area contributed by atoms with E-state index in [0.717, 1.165) is 25.7 Å². The van der Waals surface area contributed by atoms with Crippen molar-refractivity contribution in [3.8, 4) is 0 Å². The fourth-order valence-corrected chi connectivity index (χ4v) is 2.17. The Hall–Kier alpha value is -0.200. The van der Waals surface area contributed by atoms with Crippen molar-refractivity contribution in [3.05, 3.63) is 0 Å². The van der Waals surface area contributed by atoms with Gasteiger partial charge in [-0.15, -0.1) is 0 Å². The van der Waals surface area contributed by atoms with Crippen LogP contribution in [0.25, 0.3) is 0 Å². The van der Waals surface area contributed by atoms with Crippen molar-refractivity contribution in [2.75, 3.05) is 19.8 Å². The molecule has 108 valence electrons. The van der Waals surface area contributed by atoms with E-state index >= 15 is 0 Å². The molecule has 4 atom stereocenters. The van der Waals surface area contributed by atoms with Crippen LogP contribution in [0.2, 0.25) is 0 Å². The summed E-state index contributed by atoms with van der Waals surface area (Å²) in [5.41, 5.74) is 0. The number of hydrogen-bond acceptors (Lipinski definition) is 5. The molecule has 5 nitrogen and oxygen atoms in total. The summed E-state index contributed by atoms with van der Waals surface area (Å²) in [4.78, 5) is 0. The maximum absolute atomic E-state index is 9.84. The minimum atomic E-state index is -0.836. The van der Waals surface area contributed by atoms with E-state index in [4.69, 9.17) is 19.7 Å². The van der Waals surface area contributed by atoms with Gasteiger partial charge in [0.05, 0.1) is 38.1 Å². The molecule has 0 spiro atoms. The zero-order valence-electron chi connectivity index (χ0n) is 11.1. The molecule has 4 unspecified atom stereocenters. The van der Waals surface area contributed by atoms with Gasteiger partial charge in [0.25, 0.3) is 0 Å². The highest BCUT2D eigenvalue weighted by Crippen LogP contribution is 2.24. The molecule has 1 fully saturated rings. The van der Waals surface area contributed by atoms with E-state index in [1.54, 1.807) is 0 Å². The average Bonchev–Trinajstić information content (AvgIpc) is 2.70. The van der Waals surface area contributed by atoms with Gasteiger partial charge in [-0.2, -0.15) is 0 Å². The second-order valence-electron chi connectivity index (χ2n) is 4.97. The average molecular weight is 262 g/mol. The van der Waals surface area contributed by atoms with Crippen LogP contribution in [0.15, 0.2) is 0 Å². The van der Waals surface area contributed by atoms with Crippen LogP contribution < -0.4 is 0 Å². The lowest BCUT2D eigenvalue weighted by molar-refractivity contribution is -0.0528. The molecule has 1 saturated heterocycles. The highest BCUT2D eigenvalue weighted by atomic mass is 16.6. The van der Waals surface area contributed by atoms with E-state index in [1.807, 2.05) is 0 Å². The molecular weight excluding hydrogens is 236 g/mol. The zero-order chi connectivity index (χ0) is 13.4. The SMILES string of the molecule is CCCCCC1OC(COCC(O)CO)CC1O. The molecule has 1 heterocycles. The van der Waals surface area contributed by atoms with Crippen LogP contribution in [0.5, 0.6) is 0 Å². The van der Waals surface area contributed by atoms with Gasteiger partial charge in [-0.25, -0.2) is 0 Å². The van der Waals surface area contributed by atoms with Gasteiger partial charge >= 0.3 is 0 Å². The largest absolute Gasteiger partial charge is 0.394 e. The van der Waals surface area contributed by atoms with Gasteiger partial charge in [-0.1, -0.05) is 26.2 Å². The van der Waals surface area contributed by atoms with Gasteiger partial charge in [0, 0.05) is 6.42 Å². The van der Waals surface area contributed by atoms with Crippen LogP contribution in [0.4, 0.5) is 0 Å². The molecule has 0 aromatic carbocycles. The fourth-order valence-electron chi connectivity index (χ4n) is 2.17. The van der Waals surface area contributed by atoms with E-state index < -0.39 is 12.2 Å². The lowest BCUT2D eigenvalue weighted by Gasteiger charge is -2.15. The number of hydrogen-bond donors (Lipinski definition) is 3. The molecule has 0 aromatic rings. The van der Waals surface area contributed by atoms with Crippen LogP contribution in [0.3, 0.4) is 0 Å². The van der Waals surface area contributed by atoms with Crippen molar-refractivity contribution in [2.45, 2.75) is 63.4 Å². The first kappa shape index (κ1) is 15.9. The molecule has 0 bridgehead atoms. The number of aliphatic hydroxyl groups excluding tert-OH is 3. The van der Waals surface area contributed by atoms with Crippen molar-refractivity contribution in [3.63, 3.8) is 0 Å². The third kappa shape index (κ3) is 5.63. The van der Waals surface area contributed by atoms with Crippen molar-refractivity contribution in [1.29, 1.82) is 0 Å². The first-order chi connectivity index (χ1) is 8.67. The zero-order valence-corrected chi connectivity index (χ0v) is 11.1. The monoisotopic (exact) mass is 262 g/mol. The number of unbranched alkanes of at least 4 members (excludes halogenated alkanes) is 2. The van der Waals surface area contributed by atoms with Gasteiger partial charge in [0.1, 0.15) is 6.10 Å². The van der Waals surface area contributed by atoms with Crippen LogP contribution in [-0.2, 0) is 9.47 Å². The first-order valence-corrected chi connectivity index (χ1v) is 6.87. The molecule has 1 aliphatic rings. The standard InChI is InChI=1S/C13H26O5/c1-2-3-4-5-13-12(16)6-11(18-13)9-17-8-10(15)7-14/h10-16H,2-9H2,1H3. The van der Waals surface area contributed by atoms with Gasteiger partial charge in [0.2, 0.25) is 0 Å². The van der Waals surface area contributed by atoms with E-state index in [9.17, 15) is 5.11 Å². The molecular formula is C13H26O5. The van der Waals surface area contributed by atoms with Gasteiger partial charge in [0.15, 0.2) is 0 Å². The quantitative estimate of drug-likeness (QED) is 0.526. The van der Waals surface area contributed by atoms with Crippen molar-refractivity contribution in [1.82, 2.24) is 0 Å².